The smallest absolute Gasteiger partial charge is 0.337 e. The molecule has 1 aliphatic heterocycles. The topological polar surface area (TPSA) is 94.6 Å². The van der Waals surface area contributed by atoms with Gasteiger partial charge in [0.05, 0.1) is 12.7 Å². The summed E-state index contributed by atoms with van der Waals surface area (Å²) in [5.74, 6) is 2.10. The Hall–Kier alpha value is -3.81. The molecule has 0 radical (unpaired) electrons. The number of rotatable bonds is 5. The van der Waals surface area contributed by atoms with E-state index in [4.69, 9.17) is 14.2 Å². The van der Waals surface area contributed by atoms with Gasteiger partial charge in [0.1, 0.15) is 5.82 Å². The molecule has 0 aliphatic carbocycles. The molecule has 0 bridgehead atoms. The summed E-state index contributed by atoms with van der Waals surface area (Å²) in [6, 6.07) is 14.3. The highest BCUT2D eigenvalue weighted by Crippen LogP contribution is 2.34. The van der Waals surface area contributed by atoms with Crippen LogP contribution in [0, 0.1) is 6.92 Å². The van der Waals surface area contributed by atoms with Crippen molar-refractivity contribution < 1.29 is 19.0 Å². The number of anilines is 4. The Morgan fingerprint density at radius 1 is 0.964 bits per heavy atom. The molecule has 0 spiro atoms. The van der Waals surface area contributed by atoms with Gasteiger partial charge in [-0.05, 0) is 43.3 Å². The van der Waals surface area contributed by atoms with E-state index in [0.29, 0.717) is 28.8 Å². The summed E-state index contributed by atoms with van der Waals surface area (Å²) in [7, 11) is 1.35. The zero-order chi connectivity index (χ0) is 19.5. The van der Waals surface area contributed by atoms with Crippen molar-refractivity contribution in [2.75, 3.05) is 24.5 Å². The Kier molecular flexibility index (Phi) is 4.67. The number of nitrogens with one attached hydrogen (secondary N) is 2. The zero-order valence-corrected chi connectivity index (χ0v) is 15.4. The lowest BCUT2D eigenvalue weighted by Gasteiger charge is -2.11. The Morgan fingerprint density at radius 3 is 2.50 bits per heavy atom. The molecule has 0 amide bonds. The first-order valence-corrected chi connectivity index (χ1v) is 8.58. The van der Waals surface area contributed by atoms with Crippen molar-refractivity contribution >= 4 is 29.1 Å². The number of hydrogen-bond donors (Lipinski definition) is 2. The van der Waals surface area contributed by atoms with Gasteiger partial charge in [0.25, 0.3) is 0 Å². The first-order valence-electron chi connectivity index (χ1n) is 8.58. The summed E-state index contributed by atoms with van der Waals surface area (Å²) >= 11 is 0. The van der Waals surface area contributed by atoms with Crippen LogP contribution in [-0.4, -0.2) is 29.8 Å². The minimum absolute atomic E-state index is 0.225. The SMILES string of the molecule is COC(=O)c1ccc(Nc2cc(C)nc(Nc3ccc4c(c3)OCO4)n2)cc1. The van der Waals surface area contributed by atoms with E-state index in [0.717, 1.165) is 17.1 Å². The molecule has 0 unspecified atom stereocenters. The van der Waals surface area contributed by atoms with E-state index in [-0.39, 0.29) is 12.8 Å². The maximum Gasteiger partial charge on any atom is 0.337 e. The van der Waals surface area contributed by atoms with E-state index in [2.05, 4.69) is 20.6 Å². The van der Waals surface area contributed by atoms with E-state index < -0.39 is 0 Å². The van der Waals surface area contributed by atoms with Crippen LogP contribution in [0.3, 0.4) is 0 Å². The van der Waals surface area contributed by atoms with Crippen LogP contribution in [-0.2, 0) is 4.74 Å². The van der Waals surface area contributed by atoms with Gasteiger partial charge in [-0.25, -0.2) is 9.78 Å². The number of carbonyl (C=O) groups is 1. The number of benzene rings is 2. The van der Waals surface area contributed by atoms with Gasteiger partial charge >= 0.3 is 5.97 Å². The second-order valence-electron chi connectivity index (χ2n) is 6.11. The molecule has 8 nitrogen and oxygen atoms in total. The second-order valence-corrected chi connectivity index (χ2v) is 6.11. The van der Waals surface area contributed by atoms with E-state index in [1.165, 1.54) is 7.11 Å². The van der Waals surface area contributed by atoms with Crippen molar-refractivity contribution in [2.24, 2.45) is 0 Å². The van der Waals surface area contributed by atoms with Gasteiger partial charge in [-0.1, -0.05) is 0 Å². The fourth-order valence-electron chi connectivity index (χ4n) is 2.75. The highest BCUT2D eigenvalue weighted by Gasteiger charge is 2.14. The molecular formula is C20H18N4O4. The van der Waals surface area contributed by atoms with Crippen molar-refractivity contribution in [1.82, 2.24) is 9.97 Å². The molecule has 8 heteroatoms. The lowest BCUT2D eigenvalue weighted by Crippen LogP contribution is -2.03. The molecule has 0 atom stereocenters. The molecule has 2 N–H and O–H groups in total. The normalized spacial score (nSPS) is 11.8. The van der Waals surface area contributed by atoms with Crippen LogP contribution < -0.4 is 20.1 Å². The quantitative estimate of drug-likeness (QED) is 0.648. The largest absolute Gasteiger partial charge is 0.465 e. The van der Waals surface area contributed by atoms with Gasteiger partial charge < -0.3 is 24.8 Å². The molecule has 2 heterocycles. The number of ether oxygens (including phenoxy) is 3. The van der Waals surface area contributed by atoms with Gasteiger partial charge in [-0.15, -0.1) is 0 Å². The van der Waals surface area contributed by atoms with Gasteiger partial charge in [-0.2, -0.15) is 4.98 Å². The molecule has 1 aromatic heterocycles. The summed E-state index contributed by atoms with van der Waals surface area (Å²) in [6.45, 7) is 2.11. The molecule has 3 aromatic rings. The third-order valence-electron chi connectivity index (χ3n) is 4.06. The summed E-state index contributed by atoms with van der Waals surface area (Å²) in [6.07, 6.45) is 0. The average molecular weight is 378 g/mol. The third kappa shape index (κ3) is 3.80. The standard InChI is InChI=1S/C20H18N4O4/c1-12-9-18(22-14-5-3-13(4-6-14)19(25)26-2)24-20(21-12)23-15-7-8-16-17(10-15)28-11-27-16/h3-10H,11H2,1-2H3,(H2,21,22,23,24). The molecule has 0 saturated heterocycles. The first-order chi connectivity index (χ1) is 13.6. The van der Waals surface area contributed by atoms with Crippen LogP contribution in [0.1, 0.15) is 16.1 Å². The number of aryl methyl sites for hydroxylation is 1. The highest BCUT2D eigenvalue weighted by atomic mass is 16.7. The number of aromatic nitrogens is 2. The number of carbonyl (C=O) groups excluding carboxylic acids is 1. The Morgan fingerprint density at radius 2 is 1.71 bits per heavy atom. The Bertz CT molecular complexity index is 1020. The average Bonchev–Trinajstić information content (AvgIpc) is 3.15. The summed E-state index contributed by atoms with van der Waals surface area (Å²) < 4.78 is 15.4. The van der Waals surface area contributed by atoms with E-state index in [1.807, 2.05) is 31.2 Å². The lowest BCUT2D eigenvalue weighted by molar-refractivity contribution is 0.0600. The predicted octanol–water partition coefficient (Wildman–Crippen LogP) is 3.79. The second kappa shape index (κ2) is 7.43. The number of hydrogen-bond acceptors (Lipinski definition) is 8. The molecule has 142 valence electrons. The monoisotopic (exact) mass is 378 g/mol. The molecule has 2 aromatic carbocycles. The van der Waals surface area contributed by atoms with Crippen LogP contribution >= 0.6 is 0 Å². The predicted molar refractivity (Wildman–Crippen MR) is 104 cm³/mol. The molecule has 1 aliphatic rings. The Labute approximate surface area is 161 Å². The Balaban J connectivity index is 1.51. The molecule has 0 fully saturated rings. The molecular weight excluding hydrogens is 360 g/mol. The van der Waals surface area contributed by atoms with E-state index in [1.54, 1.807) is 24.3 Å². The van der Waals surface area contributed by atoms with Gasteiger partial charge in [0, 0.05) is 29.2 Å². The first kappa shape index (κ1) is 17.6. The summed E-state index contributed by atoms with van der Waals surface area (Å²) in [4.78, 5) is 20.4. The van der Waals surface area contributed by atoms with Crippen LogP contribution in [0.25, 0.3) is 0 Å². The minimum atomic E-state index is -0.375. The van der Waals surface area contributed by atoms with Crippen molar-refractivity contribution in [1.29, 1.82) is 0 Å². The number of fused-ring (bicyclic) bond motifs is 1. The number of esters is 1. The van der Waals surface area contributed by atoms with Crippen molar-refractivity contribution in [3.05, 3.63) is 59.8 Å². The van der Waals surface area contributed by atoms with E-state index in [9.17, 15) is 4.79 Å². The lowest BCUT2D eigenvalue weighted by atomic mass is 10.2. The van der Waals surface area contributed by atoms with E-state index >= 15 is 0 Å². The summed E-state index contributed by atoms with van der Waals surface area (Å²) in [5.41, 5.74) is 2.87. The van der Waals surface area contributed by atoms with Crippen LogP contribution in [0.2, 0.25) is 0 Å². The fourth-order valence-corrected chi connectivity index (χ4v) is 2.75. The maximum atomic E-state index is 11.5. The van der Waals surface area contributed by atoms with Crippen LogP contribution in [0.5, 0.6) is 11.5 Å². The molecule has 0 saturated carbocycles. The fraction of sp³-hybridized carbons (Fsp3) is 0.150. The maximum absolute atomic E-state index is 11.5. The zero-order valence-electron chi connectivity index (χ0n) is 15.4. The third-order valence-corrected chi connectivity index (χ3v) is 4.06. The minimum Gasteiger partial charge on any atom is -0.465 e. The van der Waals surface area contributed by atoms with Gasteiger partial charge in [0.2, 0.25) is 12.7 Å². The highest BCUT2D eigenvalue weighted by molar-refractivity contribution is 5.89. The number of nitrogens with zero attached hydrogens (tertiary/aromatic N) is 2. The number of methoxy groups -OCH3 is 1. The molecule has 4 rings (SSSR count). The van der Waals surface area contributed by atoms with Crippen molar-refractivity contribution in [3.8, 4) is 11.5 Å². The molecule has 28 heavy (non-hydrogen) atoms. The van der Waals surface area contributed by atoms with Crippen molar-refractivity contribution in [2.45, 2.75) is 6.92 Å². The van der Waals surface area contributed by atoms with Gasteiger partial charge in [-0.3, -0.25) is 0 Å². The van der Waals surface area contributed by atoms with Gasteiger partial charge in [0.15, 0.2) is 11.5 Å². The summed E-state index contributed by atoms with van der Waals surface area (Å²) in [5, 5.41) is 6.38. The van der Waals surface area contributed by atoms with Crippen LogP contribution in [0.15, 0.2) is 48.5 Å². The van der Waals surface area contributed by atoms with Crippen molar-refractivity contribution in [3.63, 3.8) is 0 Å². The van der Waals surface area contributed by atoms with Crippen LogP contribution in [0.4, 0.5) is 23.1 Å².